The quantitative estimate of drug-likeness (QED) is 0.147. The lowest BCUT2D eigenvalue weighted by Gasteiger charge is -2.39. The highest BCUT2D eigenvalue weighted by Crippen LogP contribution is 2.50. The summed E-state index contributed by atoms with van der Waals surface area (Å²) in [5.74, 6) is -1.57. The number of carbonyl (C=O) groups excluding carboxylic acids is 2. The van der Waals surface area contributed by atoms with Gasteiger partial charge >= 0.3 is 5.97 Å². The molecule has 1 aromatic carbocycles. The molecule has 0 radical (unpaired) electrons. The van der Waals surface area contributed by atoms with E-state index in [1.165, 1.54) is 0 Å². The molecule has 0 saturated carbocycles. The van der Waals surface area contributed by atoms with Gasteiger partial charge in [0.25, 0.3) is 5.91 Å². The molecule has 0 aromatic heterocycles. The van der Waals surface area contributed by atoms with Crippen LogP contribution in [0.5, 0.6) is 17.2 Å². The average molecular weight is 658 g/mol. The number of phenolic OH excluding ortho intramolecular Hbond substituents is 1. The predicted octanol–water partition coefficient (Wildman–Crippen LogP) is 7.54. The summed E-state index contributed by atoms with van der Waals surface area (Å²) in [7, 11) is 0. The maximum Gasteiger partial charge on any atom is 0.306 e. The van der Waals surface area contributed by atoms with Crippen molar-refractivity contribution in [2.24, 2.45) is 0 Å². The Hall–Kier alpha value is -4.34. The van der Waals surface area contributed by atoms with Crippen LogP contribution in [0, 0.1) is 0 Å². The fourth-order valence-electron chi connectivity index (χ4n) is 6.15. The predicted molar refractivity (Wildman–Crippen MR) is 185 cm³/mol. The van der Waals surface area contributed by atoms with E-state index in [0.29, 0.717) is 23.3 Å². The Morgan fingerprint density at radius 2 is 1.48 bits per heavy atom. The molecule has 0 unspecified atom stereocenters. The third-order valence-electron chi connectivity index (χ3n) is 8.34. The topological polar surface area (TPSA) is 113 Å². The lowest BCUT2D eigenvalue weighted by molar-refractivity contribution is -0.166. The van der Waals surface area contributed by atoms with Gasteiger partial charge < -0.3 is 34.1 Å². The number of carbonyl (C=O) groups is 2. The lowest BCUT2D eigenvalue weighted by atomic mass is 9.79. The van der Waals surface area contributed by atoms with Gasteiger partial charge in [-0.05, 0) is 76.5 Å². The van der Waals surface area contributed by atoms with Gasteiger partial charge in [0.2, 0.25) is 12.5 Å². The van der Waals surface area contributed by atoms with Crippen molar-refractivity contribution in [2.75, 3.05) is 6.79 Å². The molecular weight excluding hydrogens is 610 g/mol. The smallest absolute Gasteiger partial charge is 0.306 e. The van der Waals surface area contributed by atoms with Crippen molar-refractivity contribution in [2.45, 2.75) is 102 Å². The largest absolute Gasteiger partial charge is 0.504 e. The summed E-state index contributed by atoms with van der Waals surface area (Å²) in [6, 6.07) is 1.11. The first kappa shape index (κ1) is 35.0. The molecule has 1 fully saturated rings. The molecule has 9 nitrogen and oxygen atoms in total. The zero-order chi connectivity index (χ0) is 33.9. The highest BCUT2D eigenvalue weighted by molar-refractivity contribution is 6.07. The molecule has 1 aliphatic carbocycles. The summed E-state index contributed by atoms with van der Waals surface area (Å²) in [5, 5.41) is 13.8. The van der Waals surface area contributed by atoms with E-state index in [-0.39, 0.29) is 36.2 Å². The molecule has 3 aliphatic heterocycles. The number of ether oxygens (including phenoxy) is 5. The zero-order valence-corrected chi connectivity index (χ0v) is 28.1. The maximum atomic E-state index is 13.1. The Kier molecular flexibility index (Phi) is 12.1. The first-order chi connectivity index (χ1) is 23.3. The number of amides is 1. The van der Waals surface area contributed by atoms with E-state index in [0.717, 1.165) is 38.5 Å². The van der Waals surface area contributed by atoms with Crippen LogP contribution in [0.1, 0.15) is 88.1 Å². The fourth-order valence-corrected chi connectivity index (χ4v) is 6.15. The van der Waals surface area contributed by atoms with Crippen molar-refractivity contribution in [1.29, 1.82) is 0 Å². The Morgan fingerprint density at radius 3 is 2.10 bits per heavy atom. The fraction of sp³-hybridized carbons (Fsp3) is 0.436. The van der Waals surface area contributed by atoms with E-state index in [1.54, 1.807) is 26.0 Å². The van der Waals surface area contributed by atoms with Crippen molar-refractivity contribution in [3.8, 4) is 17.2 Å². The summed E-state index contributed by atoms with van der Waals surface area (Å²) in [6.45, 7) is 5.66. The third-order valence-corrected chi connectivity index (χ3v) is 8.34. The van der Waals surface area contributed by atoms with Gasteiger partial charge in [0.1, 0.15) is 18.3 Å². The molecule has 4 atom stereocenters. The highest BCUT2D eigenvalue weighted by atomic mass is 16.8. The second kappa shape index (κ2) is 16.7. The van der Waals surface area contributed by atoms with Gasteiger partial charge in [0.05, 0.1) is 11.6 Å². The summed E-state index contributed by atoms with van der Waals surface area (Å²) in [5.41, 5.74) is 1.23. The molecule has 3 heterocycles. The van der Waals surface area contributed by atoms with Crippen molar-refractivity contribution in [1.82, 2.24) is 5.32 Å². The van der Waals surface area contributed by atoms with E-state index in [9.17, 15) is 14.7 Å². The lowest BCUT2D eigenvalue weighted by Crippen LogP contribution is -2.56. The van der Waals surface area contributed by atoms with Crippen molar-refractivity contribution < 1.29 is 38.4 Å². The molecule has 9 heteroatoms. The summed E-state index contributed by atoms with van der Waals surface area (Å²) >= 11 is 0. The number of hydrogen-bond acceptors (Lipinski definition) is 8. The minimum Gasteiger partial charge on any atom is -0.504 e. The van der Waals surface area contributed by atoms with Gasteiger partial charge in [-0.25, -0.2) is 0 Å². The molecule has 1 saturated heterocycles. The molecular formula is C39H47NO8. The van der Waals surface area contributed by atoms with E-state index in [2.05, 4.69) is 73.0 Å². The average Bonchev–Trinajstić information content (AvgIpc) is 3.66. The number of esters is 1. The normalized spacial score (nSPS) is 24.2. The molecule has 5 rings (SSSR count). The van der Waals surface area contributed by atoms with Crippen LogP contribution in [0.15, 0.2) is 85.1 Å². The van der Waals surface area contributed by atoms with Gasteiger partial charge in [-0.2, -0.15) is 0 Å². The van der Waals surface area contributed by atoms with Gasteiger partial charge in [0.15, 0.2) is 17.3 Å². The first-order valence-electron chi connectivity index (χ1n) is 16.9. The summed E-state index contributed by atoms with van der Waals surface area (Å²) < 4.78 is 29.2. The Labute approximate surface area is 283 Å². The Morgan fingerprint density at radius 1 is 0.896 bits per heavy atom. The standard InChI is InChI=1S/C39H47NO8/c1-4-5-6-7-8-9-10-11-12-13-14-15-16-17-18-19-20-21-22-23-31(41)46-30-25-28-27-24-29-35(45-26-44-29)34(42)32(27)38(43)40-33(28)37-36(30)47-39(2,3)48-37/h5-6,8-9,11-12,14-15,17-18,20-21,24-25,30,33,36-37,42H,4,7,10,13,16,19,22-23,26H2,1-3H3,(H,40,43)/b6-5-,9-8-,12-11-,15-14-,18-17-,21-20-/t30-,33+,36+,37-/m0/s1. The second-order valence-electron chi connectivity index (χ2n) is 12.4. The van der Waals surface area contributed by atoms with Crippen LogP contribution in [0.3, 0.4) is 0 Å². The van der Waals surface area contributed by atoms with E-state index >= 15 is 0 Å². The highest BCUT2D eigenvalue weighted by Gasteiger charge is 2.55. The zero-order valence-electron chi connectivity index (χ0n) is 28.1. The molecule has 0 spiro atoms. The number of phenols is 1. The van der Waals surface area contributed by atoms with Crippen LogP contribution >= 0.6 is 0 Å². The van der Waals surface area contributed by atoms with Gasteiger partial charge in [-0.1, -0.05) is 79.8 Å². The molecule has 2 N–H and O–H groups in total. The second-order valence-corrected chi connectivity index (χ2v) is 12.4. The van der Waals surface area contributed by atoms with E-state index in [4.69, 9.17) is 23.7 Å². The van der Waals surface area contributed by atoms with Gasteiger partial charge in [-0.15, -0.1) is 0 Å². The van der Waals surface area contributed by atoms with E-state index < -0.39 is 36.0 Å². The monoisotopic (exact) mass is 657 g/mol. The van der Waals surface area contributed by atoms with Crippen molar-refractivity contribution >= 4 is 17.4 Å². The maximum absolute atomic E-state index is 13.1. The number of rotatable bonds is 15. The molecule has 4 aliphatic rings. The van der Waals surface area contributed by atoms with Crippen LogP contribution in [0.2, 0.25) is 0 Å². The number of benzene rings is 1. The molecule has 1 aromatic rings. The minimum atomic E-state index is -0.947. The van der Waals surface area contributed by atoms with Gasteiger partial charge in [0, 0.05) is 12.0 Å². The molecule has 1 amide bonds. The number of nitrogens with one attached hydrogen (secondary N) is 1. The Balaban J connectivity index is 1.08. The van der Waals surface area contributed by atoms with Crippen LogP contribution in [0.4, 0.5) is 0 Å². The van der Waals surface area contributed by atoms with Crippen molar-refractivity contribution in [3.05, 3.63) is 96.2 Å². The first-order valence-corrected chi connectivity index (χ1v) is 16.9. The van der Waals surface area contributed by atoms with Crippen LogP contribution < -0.4 is 14.8 Å². The molecule has 0 bridgehead atoms. The van der Waals surface area contributed by atoms with E-state index in [1.807, 2.05) is 12.2 Å². The summed E-state index contributed by atoms with van der Waals surface area (Å²) in [4.78, 5) is 26.1. The Bertz CT molecular complexity index is 1530. The number of aromatic hydroxyl groups is 1. The SMILES string of the molecule is CC/C=C\C/C=C\C/C=C\C/C=C\C/C=C\C/C=C\CCC(=O)O[C@H]1C=C2c3cc4c(c(O)c3C(=O)N[C@H]2[C@@H]2OC(C)(C)O[C@@H]21)OCO4. The molecule has 48 heavy (non-hydrogen) atoms. The minimum absolute atomic E-state index is 0.0529. The number of fused-ring (bicyclic) bond motifs is 6. The van der Waals surface area contributed by atoms with Crippen LogP contribution in [-0.2, 0) is 19.0 Å². The van der Waals surface area contributed by atoms with Gasteiger partial charge in [-0.3, -0.25) is 9.59 Å². The van der Waals surface area contributed by atoms with Crippen LogP contribution in [0.25, 0.3) is 5.57 Å². The number of allylic oxidation sites excluding steroid dienone is 12. The van der Waals surface area contributed by atoms with Crippen molar-refractivity contribution in [3.63, 3.8) is 0 Å². The third kappa shape index (κ3) is 8.76. The molecule has 256 valence electrons. The summed E-state index contributed by atoms with van der Waals surface area (Å²) in [6.07, 6.45) is 32.0. The van der Waals surface area contributed by atoms with Crippen LogP contribution in [-0.4, -0.2) is 53.9 Å². The number of hydrogen-bond donors (Lipinski definition) is 2.